The molecule has 1 amide bonds. The number of carbonyl (C=O) groups is 1. The van der Waals surface area contributed by atoms with Crippen molar-refractivity contribution < 1.29 is 4.79 Å². The summed E-state index contributed by atoms with van der Waals surface area (Å²) in [5, 5.41) is 5.04. The van der Waals surface area contributed by atoms with Crippen LogP contribution in [0.15, 0.2) is 42.6 Å². The molecule has 3 heterocycles. The molecular weight excluding hydrogens is 372 g/mol. The van der Waals surface area contributed by atoms with Crippen LogP contribution < -0.4 is 4.90 Å². The molecule has 0 aliphatic carbocycles. The van der Waals surface area contributed by atoms with E-state index in [0.717, 1.165) is 25.0 Å². The number of pyridine rings is 1. The van der Waals surface area contributed by atoms with E-state index in [2.05, 4.69) is 49.0 Å². The first-order valence-electron chi connectivity index (χ1n) is 9.86. The van der Waals surface area contributed by atoms with E-state index in [0.29, 0.717) is 17.3 Å². The zero-order valence-corrected chi connectivity index (χ0v) is 17.3. The minimum atomic E-state index is -0.0359. The average Bonchev–Trinajstić information content (AvgIpc) is 3.12. The van der Waals surface area contributed by atoms with Gasteiger partial charge in [-0.3, -0.25) is 4.79 Å². The number of fused-ring (bicyclic) bond motifs is 2. The molecule has 0 bridgehead atoms. The van der Waals surface area contributed by atoms with Crippen molar-refractivity contribution in [1.82, 2.24) is 14.5 Å². The zero-order valence-electron chi connectivity index (χ0n) is 16.5. The van der Waals surface area contributed by atoms with Gasteiger partial charge in [0, 0.05) is 31.5 Å². The van der Waals surface area contributed by atoms with Crippen LogP contribution in [-0.2, 0) is 6.42 Å². The molecule has 2 aromatic heterocycles. The molecule has 1 unspecified atom stereocenters. The molecule has 6 heteroatoms. The second-order valence-corrected chi connectivity index (χ2v) is 7.62. The molecule has 0 saturated carbocycles. The van der Waals surface area contributed by atoms with Gasteiger partial charge in [-0.1, -0.05) is 23.7 Å². The number of nitrogens with zero attached hydrogens (tertiary/aromatic N) is 4. The van der Waals surface area contributed by atoms with Crippen LogP contribution in [0, 0.1) is 0 Å². The van der Waals surface area contributed by atoms with Crippen molar-refractivity contribution in [2.24, 2.45) is 0 Å². The maximum absolute atomic E-state index is 13.2. The summed E-state index contributed by atoms with van der Waals surface area (Å²) in [5.41, 5.74) is 5.21. The highest BCUT2D eigenvalue weighted by atomic mass is 35.5. The van der Waals surface area contributed by atoms with Crippen molar-refractivity contribution in [3.63, 3.8) is 0 Å². The lowest BCUT2D eigenvalue weighted by molar-refractivity contribution is 0.0671. The van der Waals surface area contributed by atoms with E-state index in [1.165, 1.54) is 16.8 Å². The molecule has 28 heavy (non-hydrogen) atoms. The van der Waals surface area contributed by atoms with Gasteiger partial charge >= 0.3 is 0 Å². The summed E-state index contributed by atoms with van der Waals surface area (Å²) in [7, 11) is 0. The summed E-state index contributed by atoms with van der Waals surface area (Å²) in [4.78, 5) is 17.5. The second kappa shape index (κ2) is 7.47. The van der Waals surface area contributed by atoms with Gasteiger partial charge in [0.2, 0.25) is 0 Å². The van der Waals surface area contributed by atoms with Gasteiger partial charge in [0.05, 0.1) is 16.6 Å². The van der Waals surface area contributed by atoms with Crippen LogP contribution in [0.5, 0.6) is 0 Å². The predicted octanol–water partition coefficient (Wildman–Crippen LogP) is 4.59. The molecule has 0 spiro atoms. The third-order valence-corrected chi connectivity index (χ3v) is 5.94. The van der Waals surface area contributed by atoms with Crippen molar-refractivity contribution >= 4 is 28.7 Å². The van der Waals surface area contributed by atoms with Gasteiger partial charge in [0.25, 0.3) is 5.91 Å². The van der Waals surface area contributed by atoms with Crippen LogP contribution in [0.2, 0.25) is 5.02 Å². The van der Waals surface area contributed by atoms with Gasteiger partial charge in [-0.15, -0.1) is 0 Å². The summed E-state index contributed by atoms with van der Waals surface area (Å²) in [6, 6.07) is 12.0. The fourth-order valence-electron chi connectivity index (χ4n) is 4.20. The Labute approximate surface area is 170 Å². The minimum Gasteiger partial charge on any atom is -0.372 e. The van der Waals surface area contributed by atoms with Crippen LogP contribution in [-0.4, -0.2) is 40.1 Å². The van der Waals surface area contributed by atoms with Crippen molar-refractivity contribution in [3.8, 4) is 0 Å². The van der Waals surface area contributed by atoms with Gasteiger partial charge in [-0.25, -0.2) is 4.52 Å². The van der Waals surface area contributed by atoms with E-state index in [4.69, 9.17) is 11.6 Å². The molecule has 5 nitrogen and oxygen atoms in total. The van der Waals surface area contributed by atoms with Gasteiger partial charge in [-0.2, -0.15) is 5.10 Å². The Morgan fingerprint density at radius 1 is 1.25 bits per heavy atom. The van der Waals surface area contributed by atoms with E-state index in [-0.39, 0.29) is 11.9 Å². The number of aromatic nitrogens is 2. The molecule has 146 valence electrons. The molecule has 0 fully saturated rings. The van der Waals surface area contributed by atoms with Crippen LogP contribution in [0.4, 0.5) is 5.69 Å². The third-order valence-electron chi connectivity index (χ3n) is 5.72. The lowest BCUT2D eigenvalue weighted by Crippen LogP contribution is -2.39. The van der Waals surface area contributed by atoms with E-state index < -0.39 is 0 Å². The van der Waals surface area contributed by atoms with Gasteiger partial charge in [-0.05, 0) is 62.6 Å². The van der Waals surface area contributed by atoms with Gasteiger partial charge in [0.15, 0.2) is 5.69 Å². The van der Waals surface area contributed by atoms with Crippen LogP contribution in [0.1, 0.15) is 48.4 Å². The van der Waals surface area contributed by atoms with E-state index in [9.17, 15) is 4.79 Å². The number of hydrogen-bond acceptors (Lipinski definition) is 3. The molecule has 0 radical (unpaired) electrons. The SMILES string of the molecule is CCN(CC)c1cccc2c1CCN(C(=O)c1cc3ccc(Cl)cn3n1)C2C. The van der Waals surface area contributed by atoms with Gasteiger partial charge in [0.1, 0.15) is 0 Å². The smallest absolute Gasteiger partial charge is 0.274 e. The quantitative estimate of drug-likeness (QED) is 0.647. The molecule has 3 aromatic rings. The largest absolute Gasteiger partial charge is 0.372 e. The Morgan fingerprint density at radius 3 is 2.79 bits per heavy atom. The molecule has 0 saturated heterocycles. The average molecular weight is 397 g/mol. The topological polar surface area (TPSA) is 40.9 Å². The Balaban J connectivity index is 1.66. The van der Waals surface area contributed by atoms with Crippen molar-refractivity contribution in [1.29, 1.82) is 0 Å². The molecule has 1 atom stereocenters. The molecule has 4 rings (SSSR count). The highest BCUT2D eigenvalue weighted by Crippen LogP contribution is 2.36. The van der Waals surface area contributed by atoms with Gasteiger partial charge < -0.3 is 9.80 Å². The summed E-state index contributed by atoms with van der Waals surface area (Å²) in [5.74, 6) is -0.0359. The number of rotatable bonds is 4. The fourth-order valence-corrected chi connectivity index (χ4v) is 4.36. The molecule has 1 aromatic carbocycles. The summed E-state index contributed by atoms with van der Waals surface area (Å²) in [6.07, 6.45) is 2.58. The first-order chi connectivity index (χ1) is 13.5. The normalized spacial score (nSPS) is 16.3. The Morgan fingerprint density at radius 2 is 2.04 bits per heavy atom. The maximum Gasteiger partial charge on any atom is 0.274 e. The number of benzene rings is 1. The number of hydrogen-bond donors (Lipinski definition) is 0. The first-order valence-corrected chi connectivity index (χ1v) is 10.2. The molecular formula is C22H25ClN4O. The van der Waals surface area contributed by atoms with Crippen LogP contribution >= 0.6 is 11.6 Å². The number of anilines is 1. The maximum atomic E-state index is 13.2. The van der Waals surface area contributed by atoms with Crippen LogP contribution in [0.3, 0.4) is 0 Å². The molecule has 0 N–H and O–H groups in total. The number of carbonyl (C=O) groups excluding carboxylic acids is 1. The first kappa shape index (κ1) is 18.8. The highest BCUT2D eigenvalue weighted by molar-refractivity contribution is 6.30. The lowest BCUT2D eigenvalue weighted by Gasteiger charge is -2.37. The van der Waals surface area contributed by atoms with Crippen molar-refractivity contribution in [2.75, 3.05) is 24.5 Å². The monoisotopic (exact) mass is 396 g/mol. The third kappa shape index (κ3) is 3.14. The van der Waals surface area contributed by atoms with Crippen molar-refractivity contribution in [2.45, 2.75) is 33.2 Å². The summed E-state index contributed by atoms with van der Waals surface area (Å²) < 4.78 is 1.66. The van der Waals surface area contributed by atoms with Crippen molar-refractivity contribution in [3.05, 3.63) is 64.4 Å². The minimum absolute atomic E-state index is 0.0140. The highest BCUT2D eigenvalue weighted by Gasteiger charge is 2.31. The van der Waals surface area contributed by atoms with E-state index >= 15 is 0 Å². The van der Waals surface area contributed by atoms with E-state index in [1.54, 1.807) is 16.8 Å². The van der Waals surface area contributed by atoms with E-state index in [1.807, 2.05) is 17.0 Å². The summed E-state index contributed by atoms with van der Waals surface area (Å²) in [6.45, 7) is 9.12. The van der Waals surface area contributed by atoms with Crippen LogP contribution in [0.25, 0.3) is 5.52 Å². The zero-order chi connectivity index (χ0) is 19.8. The number of amides is 1. The Hall–Kier alpha value is -2.53. The Kier molecular flexibility index (Phi) is 5.02. The fraction of sp³-hybridized carbons (Fsp3) is 0.364. The second-order valence-electron chi connectivity index (χ2n) is 7.19. The predicted molar refractivity (Wildman–Crippen MR) is 113 cm³/mol. The standard InChI is InChI=1S/C22H25ClN4O/c1-4-25(5-2)21-8-6-7-18-15(3)26(12-11-19(18)21)22(28)20-13-17-10-9-16(23)14-27(17)24-20/h6-10,13-15H,4-5,11-12H2,1-3H3. The lowest BCUT2D eigenvalue weighted by atomic mass is 9.91. The summed E-state index contributed by atoms with van der Waals surface area (Å²) >= 11 is 6.04. The number of halogens is 1. The Bertz CT molecular complexity index is 1020. The molecule has 1 aliphatic rings. The molecule has 1 aliphatic heterocycles.